The molecule has 0 spiro atoms. The number of hydrogen-bond donors (Lipinski definition) is 1. The number of para-hydroxylation sites is 1. The van der Waals surface area contributed by atoms with Crippen LogP contribution in [0.25, 0.3) is 5.13 Å². The van der Waals surface area contributed by atoms with E-state index in [1.807, 2.05) is 13.8 Å². The molecule has 8 heteroatoms. The average Bonchev–Trinajstić information content (AvgIpc) is 3.30. The SMILES string of the molecule is Cc1ccc(C)n1-c1nnc(N2CCC(C(=O)Nc3ccccc3F)CC2)s1. The molecule has 0 aliphatic carbocycles. The molecule has 1 saturated heterocycles. The lowest BCUT2D eigenvalue weighted by Gasteiger charge is -2.30. The van der Waals surface area contributed by atoms with Gasteiger partial charge in [-0.15, -0.1) is 10.2 Å². The zero-order valence-corrected chi connectivity index (χ0v) is 16.7. The highest BCUT2D eigenvalue weighted by Gasteiger charge is 2.27. The molecule has 6 nitrogen and oxygen atoms in total. The van der Waals surface area contributed by atoms with Crippen molar-refractivity contribution in [3.05, 3.63) is 53.6 Å². The van der Waals surface area contributed by atoms with E-state index in [1.54, 1.807) is 29.5 Å². The molecular formula is C20H22FN5OS. The number of rotatable bonds is 4. The molecule has 3 heterocycles. The number of aromatic nitrogens is 3. The molecule has 146 valence electrons. The van der Waals surface area contributed by atoms with Crippen molar-refractivity contribution < 1.29 is 9.18 Å². The first kappa shape index (κ1) is 18.6. The second kappa shape index (κ2) is 7.71. The van der Waals surface area contributed by atoms with Gasteiger partial charge in [-0.2, -0.15) is 0 Å². The zero-order valence-electron chi connectivity index (χ0n) is 15.9. The lowest BCUT2D eigenvalue weighted by atomic mass is 9.96. The molecule has 0 atom stereocenters. The summed E-state index contributed by atoms with van der Waals surface area (Å²) in [6, 6.07) is 10.4. The Morgan fingerprint density at radius 2 is 1.71 bits per heavy atom. The Bertz CT molecular complexity index is 971. The summed E-state index contributed by atoms with van der Waals surface area (Å²) in [5.74, 6) is -0.663. The number of amides is 1. The van der Waals surface area contributed by atoms with Crippen molar-refractivity contribution in [3.8, 4) is 5.13 Å². The molecule has 3 aromatic rings. The number of benzene rings is 1. The molecule has 2 aromatic heterocycles. The molecule has 0 unspecified atom stereocenters. The molecule has 0 bridgehead atoms. The van der Waals surface area contributed by atoms with Gasteiger partial charge in [-0.25, -0.2) is 4.39 Å². The fourth-order valence-corrected chi connectivity index (χ4v) is 4.54. The van der Waals surface area contributed by atoms with E-state index in [-0.39, 0.29) is 17.5 Å². The Labute approximate surface area is 167 Å². The smallest absolute Gasteiger partial charge is 0.227 e. The van der Waals surface area contributed by atoms with Gasteiger partial charge in [-0.05, 0) is 51.0 Å². The van der Waals surface area contributed by atoms with Gasteiger partial charge in [0.25, 0.3) is 0 Å². The zero-order chi connectivity index (χ0) is 19.7. The van der Waals surface area contributed by atoms with Crippen LogP contribution >= 0.6 is 11.3 Å². The normalized spacial score (nSPS) is 15.0. The number of aryl methyl sites for hydroxylation is 2. The summed E-state index contributed by atoms with van der Waals surface area (Å²) in [7, 11) is 0. The molecule has 1 aliphatic heterocycles. The lowest BCUT2D eigenvalue weighted by Crippen LogP contribution is -2.38. The van der Waals surface area contributed by atoms with Crippen LogP contribution in [0.3, 0.4) is 0 Å². The maximum Gasteiger partial charge on any atom is 0.227 e. The minimum atomic E-state index is -0.412. The quantitative estimate of drug-likeness (QED) is 0.722. The first-order valence-electron chi connectivity index (χ1n) is 9.32. The van der Waals surface area contributed by atoms with Gasteiger partial charge < -0.3 is 10.2 Å². The Morgan fingerprint density at radius 1 is 1.07 bits per heavy atom. The van der Waals surface area contributed by atoms with Crippen molar-refractivity contribution in [3.63, 3.8) is 0 Å². The number of nitrogens with one attached hydrogen (secondary N) is 1. The fourth-order valence-electron chi connectivity index (χ4n) is 3.53. The van der Waals surface area contributed by atoms with Crippen molar-refractivity contribution >= 4 is 28.1 Å². The molecule has 1 aliphatic rings. The van der Waals surface area contributed by atoms with Crippen LogP contribution in [0.4, 0.5) is 15.2 Å². The largest absolute Gasteiger partial charge is 0.347 e. The molecule has 1 N–H and O–H groups in total. The van der Waals surface area contributed by atoms with E-state index in [0.29, 0.717) is 12.8 Å². The van der Waals surface area contributed by atoms with E-state index < -0.39 is 5.82 Å². The maximum atomic E-state index is 13.7. The number of carbonyl (C=O) groups excluding carboxylic acids is 1. The second-order valence-electron chi connectivity index (χ2n) is 7.05. The Hall–Kier alpha value is -2.74. The van der Waals surface area contributed by atoms with Crippen LogP contribution in [0.1, 0.15) is 24.2 Å². The average molecular weight is 399 g/mol. The third-order valence-electron chi connectivity index (χ3n) is 5.13. The van der Waals surface area contributed by atoms with Gasteiger partial charge in [0.15, 0.2) is 0 Å². The third kappa shape index (κ3) is 3.64. The van der Waals surface area contributed by atoms with Crippen molar-refractivity contribution in [1.82, 2.24) is 14.8 Å². The number of carbonyl (C=O) groups is 1. The van der Waals surface area contributed by atoms with Gasteiger partial charge in [-0.3, -0.25) is 9.36 Å². The van der Waals surface area contributed by atoms with Crippen LogP contribution in [0.15, 0.2) is 36.4 Å². The molecule has 0 radical (unpaired) electrons. The summed E-state index contributed by atoms with van der Waals surface area (Å²) >= 11 is 1.56. The summed E-state index contributed by atoms with van der Waals surface area (Å²) in [6.07, 6.45) is 1.41. The van der Waals surface area contributed by atoms with E-state index in [0.717, 1.165) is 34.7 Å². The summed E-state index contributed by atoms with van der Waals surface area (Å²) in [6.45, 7) is 5.56. The van der Waals surface area contributed by atoms with Crippen LogP contribution in [0, 0.1) is 25.6 Å². The highest BCUT2D eigenvalue weighted by Crippen LogP contribution is 2.29. The Morgan fingerprint density at radius 3 is 2.39 bits per heavy atom. The summed E-state index contributed by atoms with van der Waals surface area (Å²) in [5.41, 5.74) is 2.49. The maximum absolute atomic E-state index is 13.7. The van der Waals surface area contributed by atoms with Crippen molar-refractivity contribution in [2.24, 2.45) is 5.92 Å². The van der Waals surface area contributed by atoms with Gasteiger partial charge in [-0.1, -0.05) is 23.5 Å². The number of hydrogen-bond acceptors (Lipinski definition) is 5. The number of halogens is 1. The highest BCUT2D eigenvalue weighted by atomic mass is 32.1. The van der Waals surface area contributed by atoms with E-state index in [1.165, 1.54) is 6.07 Å². The van der Waals surface area contributed by atoms with Gasteiger partial charge >= 0.3 is 0 Å². The first-order chi connectivity index (χ1) is 13.5. The van der Waals surface area contributed by atoms with E-state index in [4.69, 9.17) is 0 Å². The summed E-state index contributed by atoms with van der Waals surface area (Å²) in [5, 5.41) is 13.1. The number of anilines is 2. The fraction of sp³-hybridized carbons (Fsp3) is 0.350. The highest BCUT2D eigenvalue weighted by molar-refractivity contribution is 7.17. The van der Waals surface area contributed by atoms with Crippen LogP contribution in [-0.4, -0.2) is 33.8 Å². The number of piperidine rings is 1. The van der Waals surface area contributed by atoms with Crippen molar-refractivity contribution in [1.29, 1.82) is 0 Å². The summed E-state index contributed by atoms with van der Waals surface area (Å²) in [4.78, 5) is 14.6. The van der Waals surface area contributed by atoms with Crippen molar-refractivity contribution in [2.45, 2.75) is 26.7 Å². The lowest BCUT2D eigenvalue weighted by molar-refractivity contribution is -0.120. The van der Waals surface area contributed by atoms with E-state index in [2.05, 4.69) is 37.1 Å². The predicted octanol–water partition coefficient (Wildman–Crippen LogP) is 3.94. The van der Waals surface area contributed by atoms with Crippen molar-refractivity contribution in [2.75, 3.05) is 23.3 Å². The first-order valence-corrected chi connectivity index (χ1v) is 10.1. The molecule has 4 rings (SSSR count). The molecule has 0 saturated carbocycles. The van der Waals surface area contributed by atoms with Crippen LogP contribution in [-0.2, 0) is 4.79 Å². The van der Waals surface area contributed by atoms with Gasteiger partial charge in [0.1, 0.15) is 5.82 Å². The summed E-state index contributed by atoms with van der Waals surface area (Å²) < 4.78 is 15.8. The predicted molar refractivity (Wildman–Crippen MR) is 109 cm³/mol. The Kier molecular flexibility index (Phi) is 5.13. The van der Waals surface area contributed by atoms with Crippen LogP contribution in [0.5, 0.6) is 0 Å². The van der Waals surface area contributed by atoms with Crippen LogP contribution in [0.2, 0.25) is 0 Å². The molecular weight excluding hydrogens is 377 g/mol. The van der Waals surface area contributed by atoms with E-state index in [9.17, 15) is 9.18 Å². The van der Waals surface area contributed by atoms with Gasteiger partial charge in [0, 0.05) is 30.4 Å². The topological polar surface area (TPSA) is 63.1 Å². The number of nitrogens with zero attached hydrogens (tertiary/aromatic N) is 4. The molecule has 1 fully saturated rings. The molecule has 28 heavy (non-hydrogen) atoms. The molecule has 1 amide bonds. The Balaban J connectivity index is 1.38. The second-order valence-corrected chi connectivity index (χ2v) is 7.98. The monoisotopic (exact) mass is 399 g/mol. The van der Waals surface area contributed by atoms with Gasteiger partial charge in [0.2, 0.25) is 16.2 Å². The van der Waals surface area contributed by atoms with Gasteiger partial charge in [0.05, 0.1) is 5.69 Å². The van der Waals surface area contributed by atoms with E-state index >= 15 is 0 Å². The minimum absolute atomic E-state index is 0.124. The third-order valence-corrected chi connectivity index (χ3v) is 6.10. The minimum Gasteiger partial charge on any atom is -0.347 e. The van der Waals surface area contributed by atoms with Crippen LogP contribution < -0.4 is 10.2 Å². The standard InChI is InChI=1S/C20H22FN5OS/c1-13-7-8-14(2)26(13)20-24-23-19(28-20)25-11-9-15(10-12-25)18(27)22-17-6-4-3-5-16(17)21/h3-8,15H,9-12H2,1-2H3,(H,22,27). The molecule has 1 aromatic carbocycles.